The zero-order valence-corrected chi connectivity index (χ0v) is 15.1. The Morgan fingerprint density at radius 2 is 1.68 bits per heavy atom. The van der Waals surface area contributed by atoms with E-state index in [4.69, 9.17) is 10.2 Å². The maximum Gasteiger partial charge on any atom is 0.225 e. The average molecular weight is 359 g/mol. The van der Waals surface area contributed by atoms with Crippen molar-refractivity contribution in [3.05, 3.63) is 72.0 Å². The fraction of sp³-hybridized carbons (Fsp3) is 0.250. The molecular weight excluding hydrogens is 336 g/mol. The first-order valence-corrected chi connectivity index (χ1v) is 8.15. The van der Waals surface area contributed by atoms with Gasteiger partial charge in [0.25, 0.3) is 0 Å². The molecule has 3 unspecified atom stereocenters. The second-order valence-corrected chi connectivity index (χ2v) is 6.14. The molecule has 0 radical (unpaired) electrons. The monoisotopic (exact) mass is 358 g/mol. The van der Waals surface area contributed by atoms with Gasteiger partial charge in [0.05, 0.1) is 12.0 Å². The number of nitrogens with two attached hydrogens (primary N) is 1. The largest absolute Gasteiger partial charge is 0.459 e. The third-order valence-corrected chi connectivity index (χ3v) is 4.37. The average Bonchev–Trinajstić information content (AvgIpc) is 3.05. The first kappa shape index (κ1) is 19.0. The normalized spacial score (nSPS) is 14.4. The fourth-order valence-corrected chi connectivity index (χ4v) is 2.76. The second-order valence-electron chi connectivity index (χ2n) is 6.14. The quantitative estimate of drug-likeness (QED) is 0.711. The van der Waals surface area contributed by atoms with Gasteiger partial charge in [-0.3, -0.25) is 4.79 Å². The summed E-state index contributed by atoms with van der Waals surface area (Å²) in [5.41, 5.74) is 8.01. The molecule has 5 heteroatoms. The molecule has 132 valence electrons. The molecule has 3 atom stereocenters. The molecule has 25 heavy (non-hydrogen) atoms. The number of rotatable bonds is 5. The molecule has 0 fully saturated rings. The highest BCUT2D eigenvalue weighted by atomic mass is 35.5. The highest BCUT2D eigenvalue weighted by molar-refractivity contribution is 5.85. The molecule has 1 amide bonds. The van der Waals surface area contributed by atoms with Crippen molar-refractivity contribution in [3.8, 4) is 0 Å². The Kier molecular flexibility index (Phi) is 6.23. The van der Waals surface area contributed by atoms with Crippen LogP contribution in [0.1, 0.15) is 37.3 Å². The van der Waals surface area contributed by atoms with E-state index in [-0.39, 0.29) is 36.3 Å². The van der Waals surface area contributed by atoms with Crippen molar-refractivity contribution < 1.29 is 9.21 Å². The van der Waals surface area contributed by atoms with E-state index in [1.807, 2.05) is 74.5 Å². The van der Waals surface area contributed by atoms with Crippen molar-refractivity contribution in [2.75, 3.05) is 0 Å². The van der Waals surface area contributed by atoms with Gasteiger partial charge in [-0.15, -0.1) is 12.4 Å². The molecule has 3 rings (SSSR count). The van der Waals surface area contributed by atoms with Crippen LogP contribution in [0, 0.1) is 5.92 Å². The predicted molar refractivity (Wildman–Crippen MR) is 103 cm³/mol. The fourth-order valence-electron chi connectivity index (χ4n) is 2.76. The van der Waals surface area contributed by atoms with E-state index in [1.54, 1.807) is 0 Å². The minimum atomic E-state index is -0.339. The van der Waals surface area contributed by atoms with Crippen LogP contribution in [0.25, 0.3) is 11.0 Å². The van der Waals surface area contributed by atoms with Crippen LogP contribution in [0.2, 0.25) is 0 Å². The third-order valence-electron chi connectivity index (χ3n) is 4.37. The summed E-state index contributed by atoms with van der Waals surface area (Å²) in [6, 6.07) is 18.9. The summed E-state index contributed by atoms with van der Waals surface area (Å²) in [4.78, 5) is 12.5. The lowest BCUT2D eigenvalue weighted by molar-refractivity contribution is -0.125. The zero-order valence-electron chi connectivity index (χ0n) is 14.3. The Hall–Kier alpha value is -2.30. The summed E-state index contributed by atoms with van der Waals surface area (Å²) < 4.78 is 5.81. The van der Waals surface area contributed by atoms with Crippen LogP contribution in [0.4, 0.5) is 0 Å². The van der Waals surface area contributed by atoms with E-state index in [9.17, 15) is 4.79 Å². The van der Waals surface area contributed by atoms with Crippen molar-refractivity contribution in [2.24, 2.45) is 11.7 Å². The number of fused-ring (bicyclic) bond motifs is 1. The molecule has 0 aliphatic heterocycles. The Bertz CT molecular complexity index is 799. The van der Waals surface area contributed by atoms with Crippen LogP contribution in [0.3, 0.4) is 0 Å². The second kappa shape index (κ2) is 8.19. The molecule has 0 saturated heterocycles. The van der Waals surface area contributed by atoms with Crippen LogP contribution in [-0.2, 0) is 4.79 Å². The minimum Gasteiger partial charge on any atom is -0.459 e. The van der Waals surface area contributed by atoms with E-state index in [0.29, 0.717) is 0 Å². The van der Waals surface area contributed by atoms with Crippen LogP contribution in [0.15, 0.2) is 65.1 Å². The van der Waals surface area contributed by atoms with E-state index >= 15 is 0 Å². The van der Waals surface area contributed by atoms with E-state index < -0.39 is 0 Å². The number of carbonyl (C=O) groups is 1. The highest BCUT2D eigenvalue weighted by Gasteiger charge is 2.24. The van der Waals surface area contributed by atoms with E-state index in [1.165, 1.54) is 0 Å². The lowest BCUT2D eigenvalue weighted by Crippen LogP contribution is -2.36. The van der Waals surface area contributed by atoms with Gasteiger partial charge in [-0.05, 0) is 24.6 Å². The van der Waals surface area contributed by atoms with Gasteiger partial charge in [-0.2, -0.15) is 0 Å². The van der Waals surface area contributed by atoms with Gasteiger partial charge in [-0.25, -0.2) is 0 Å². The maximum atomic E-state index is 12.5. The van der Waals surface area contributed by atoms with Gasteiger partial charge in [0, 0.05) is 11.4 Å². The van der Waals surface area contributed by atoms with Crippen LogP contribution in [0.5, 0.6) is 0 Å². The van der Waals surface area contributed by atoms with Gasteiger partial charge in [0.15, 0.2) is 0 Å². The first-order valence-electron chi connectivity index (χ1n) is 8.15. The smallest absolute Gasteiger partial charge is 0.225 e. The summed E-state index contributed by atoms with van der Waals surface area (Å²) in [6.45, 7) is 3.76. The summed E-state index contributed by atoms with van der Waals surface area (Å²) in [6.07, 6.45) is 0. The van der Waals surface area contributed by atoms with Crippen molar-refractivity contribution in [1.29, 1.82) is 0 Å². The van der Waals surface area contributed by atoms with Gasteiger partial charge in [-0.1, -0.05) is 55.5 Å². The molecule has 3 N–H and O–H groups in total. The maximum absolute atomic E-state index is 12.5. The molecular formula is C20H23ClN2O2. The van der Waals surface area contributed by atoms with Crippen LogP contribution < -0.4 is 11.1 Å². The summed E-state index contributed by atoms with van der Waals surface area (Å²) in [5, 5.41) is 4.03. The lowest BCUT2D eigenvalue weighted by atomic mass is 9.94. The Morgan fingerprint density at radius 3 is 2.36 bits per heavy atom. The predicted octanol–water partition coefficient (Wildman–Crippen LogP) is 4.37. The highest BCUT2D eigenvalue weighted by Crippen LogP contribution is 2.25. The molecule has 0 bridgehead atoms. The number of benzene rings is 2. The zero-order chi connectivity index (χ0) is 17.1. The van der Waals surface area contributed by atoms with Crippen LogP contribution >= 0.6 is 12.4 Å². The molecule has 4 nitrogen and oxygen atoms in total. The van der Waals surface area contributed by atoms with Gasteiger partial charge in [0.1, 0.15) is 11.3 Å². The van der Waals surface area contributed by atoms with Crippen molar-refractivity contribution in [2.45, 2.75) is 25.9 Å². The van der Waals surface area contributed by atoms with Crippen molar-refractivity contribution >= 4 is 29.3 Å². The van der Waals surface area contributed by atoms with Crippen molar-refractivity contribution in [1.82, 2.24) is 5.32 Å². The van der Waals surface area contributed by atoms with E-state index in [0.717, 1.165) is 22.3 Å². The molecule has 3 aromatic rings. The molecule has 0 spiro atoms. The summed E-state index contributed by atoms with van der Waals surface area (Å²) >= 11 is 0. The number of furan rings is 1. The van der Waals surface area contributed by atoms with Gasteiger partial charge in [0.2, 0.25) is 5.91 Å². The van der Waals surface area contributed by atoms with Crippen molar-refractivity contribution in [3.63, 3.8) is 0 Å². The Balaban J connectivity index is 0.00000225. The third kappa shape index (κ3) is 4.21. The SMILES string of the molecule is CC(NC(=O)C(C)C(N)c1ccccc1)c1cc2ccccc2o1.Cl. The summed E-state index contributed by atoms with van der Waals surface area (Å²) in [7, 11) is 0. The number of carbonyl (C=O) groups excluding carboxylic acids is 1. The molecule has 0 saturated carbocycles. The van der Waals surface area contributed by atoms with Gasteiger partial charge < -0.3 is 15.5 Å². The number of halogens is 1. The van der Waals surface area contributed by atoms with E-state index in [2.05, 4.69) is 5.32 Å². The number of amides is 1. The van der Waals surface area contributed by atoms with Gasteiger partial charge >= 0.3 is 0 Å². The lowest BCUT2D eigenvalue weighted by Gasteiger charge is -2.21. The number of hydrogen-bond acceptors (Lipinski definition) is 3. The molecule has 1 heterocycles. The number of para-hydroxylation sites is 1. The first-order chi connectivity index (χ1) is 11.6. The standard InChI is InChI=1S/C20H22N2O2.ClH/c1-13(19(21)15-8-4-3-5-9-15)20(23)22-14(2)18-12-16-10-6-7-11-17(16)24-18;/h3-14,19H,21H2,1-2H3,(H,22,23);1H. The summed E-state index contributed by atoms with van der Waals surface area (Å²) in [5.74, 6) is 0.323. The Morgan fingerprint density at radius 1 is 1.04 bits per heavy atom. The Labute approximate surface area is 153 Å². The number of nitrogens with one attached hydrogen (secondary N) is 1. The molecule has 0 aliphatic rings. The molecule has 2 aromatic carbocycles. The van der Waals surface area contributed by atoms with Crippen LogP contribution in [-0.4, -0.2) is 5.91 Å². The topological polar surface area (TPSA) is 68.3 Å². The number of hydrogen-bond donors (Lipinski definition) is 2. The molecule has 0 aliphatic carbocycles. The minimum absolute atomic E-state index is 0. The molecule has 1 aromatic heterocycles.